The van der Waals surface area contributed by atoms with Crippen molar-refractivity contribution in [2.75, 3.05) is 51.3 Å². The maximum atomic E-state index is 12.3. The first-order chi connectivity index (χ1) is 13.7. The third-order valence-corrected chi connectivity index (χ3v) is 6.37. The van der Waals surface area contributed by atoms with E-state index in [4.69, 9.17) is 21.1 Å². The summed E-state index contributed by atoms with van der Waals surface area (Å²) in [5.41, 5.74) is 0.632. The van der Waals surface area contributed by atoms with Crippen molar-refractivity contribution in [2.45, 2.75) is 44.2 Å². The number of carbonyl (C=O) groups excluding carboxylic acids is 1. The summed E-state index contributed by atoms with van der Waals surface area (Å²) in [7, 11) is 0. The SMILES string of the molecule is O=C(CN1CCOCC1)Nc1ccc(OC2CCN(C3CCC3)CC2)cc1Cl. The zero-order valence-electron chi connectivity index (χ0n) is 16.4. The van der Waals surface area contributed by atoms with E-state index in [0.717, 1.165) is 50.8 Å². The molecule has 1 amide bonds. The highest BCUT2D eigenvalue weighted by atomic mass is 35.5. The molecule has 28 heavy (non-hydrogen) atoms. The van der Waals surface area contributed by atoms with Crippen molar-refractivity contribution >= 4 is 23.2 Å². The van der Waals surface area contributed by atoms with Gasteiger partial charge in [0.1, 0.15) is 11.9 Å². The highest BCUT2D eigenvalue weighted by molar-refractivity contribution is 6.33. The minimum Gasteiger partial charge on any atom is -0.490 e. The molecule has 1 saturated carbocycles. The lowest BCUT2D eigenvalue weighted by Crippen LogP contribution is -2.46. The second-order valence-corrected chi connectivity index (χ2v) is 8.42. The third-order valence-electron chi connectivity index (χ3n) is 6.06. The van der Waals surface area contributed by atoms with Gasteiger partial charge in [0.2, 0.25) is 5.91 Å². The molecule has 0 aromatic heterocycles. The van der Waals surface area contributed by atoms with E-state index in [1.54, 1.807) is 0 Å². The number of amides is 1. The number of piperidine rings is 1. The second-order valence-electron chi connectivity index (χ2n) is 8.02. The third kappa shape index (κ3) is 5.17. The maximum absolute atomic E-state index is 12.3. The summed E-state index contributed by atoms with van der Waals surface area (Å²) in [6, 6.07) is 6.35. The van der Waals surface area contributed by atoms with Crippen molar-refractivity contribution in [1.82, 2.24) is 9.80 Å². The Labute approximate surface area is 172 Å². The van der Waals surface area contributed by atoms with Crippen LogP contribution in [-0.2, 0) is 9.53 Å². The molecule has 0 spiro atoms. The summed E-state index contributed by atoms with van der Waals surface area (Å²) in [6.45, 7) is 5.54. The summed E-state index contributed by atoms with van der Waals surface area (Å²) in [4.78, 5) is 17.0. The summed E-state index contributed by atoms with van der Waals surface area (Å²) in [5.74, 6) is 0.721. The molecule has 2 saturated heterocycles. The van der Waals surface area contributed by atoms with E-state index in [2.05, 4.69) is 15.1 Å². The number of morpholine rings is 1. The fraction of sp³-hybridized carbons (Fsp3) is 0.667. The molecule has 0 unspecified atom stereocenters. The molecule has 2 aliphatic heterocycles. The van der Waals surface area contributed by atoms with Crippen molar-refractivity contribution < 1.29 is 14.3 Å². The predicted molar refractivity (Wildman–Crippen MR) is 110 cm³/mol. The summed E-state index contributed by atoms with van der Waals surface area (Å²) < 4.78 is 11.5. The van der Waals surface area contributed by atoms with E-state index >= 15 is 0 Å². The number of anilines is 1. The van der Waals surface area contributed by atoms with Crippen LogP contribution < -0.4 is 10.1 Å². The molecule has 1 aromatic carbocycles. The first-order valence-corrected chi connectivity index (χ1v) is 10.9. The molecule has 2 heterocycles. The number of nitrogens with one attached hydrogen (secondary N) is 1. The molecule has 6 nitrogen and oxygen atoms in total. The van der Waals surface area contributed by atoms with E-state index in [1.807, 2.05) is 18.2 Å². The molecule has 0 radical (unpaired) electrons. The van der Waals surface area contributed by atoms with Crippen LogP contribution in [0.4, 0.5) is 5.69 Å². The van der Waals surface area contributed by atoms with Gasteiger partial charge in [0.15, 0.2) is 0 Å². The molecular weight excluding hydrogens is 378 g/mol. The van der Waals surface area contributed by atoms with Crippen LogP contribution in [0.3, 0.4) is 0 Å². The normalized spacial score (nSPS) is 22.6. The Morgan fingerprint density at radius 2 is 1.89 bits per heavy atom. The number of carbonyl (C=O) groups is 1. The molecule has 0 bridgehead atoms. The summed E-state index contributed by atoms with van der Waals surface area (Å²) in [6.07, 6.45) is 6.47. The number of hydrogen-bond donors (Lipinski definition) is 1. The zero-order chi connectivity index (χ0) is 19.3. The highest BCUT2D eigenvalue weighted by Gasteiger charge is 2.29. The minimum absolute atomic E-state index is 0.0548. The van der Waals surface area contributed by atoms with Crippen LogP contribution in [0.5, 0.6) is 5.75 Å². The lowest BCUT2D eigenvalue weighted by atomic mass is 9.90. The molecule has 154 valence electrons. The second kappa shape index (κ2) is 9.44. The summed E-state index contributed by atoms with van der Waals surface area (Å²) in [5, 5.41) is 3.42. The van der Waals surface area contributed by atoms with Crippen molar-refractivity contribution in [1.29, 1.82) is 0 Å². The molecule has 1 aromatic rings. The van der Waals surface area contributed by atoms with Gasteiger partial charge < -0.3 is 19.7 Å². The van der Waals surface area contributed by atoms with Crippen LogP contribution in [0.25, 0.3) is 0 Å². The van der Waals surface area contributed by atoms with Crippen LogP contribution in [0, 0.1) is 0 Å². The molecular formula is C21H30ClN3O3. The van der Waals surface area contributed by atoms with Crippen LogP contribution >= 0.6 is 11.6 Å². The quantitative estimate of drug-likeness (QED) is 0.785. The Kier molecular flexibility index (Phi) is 6.73. The first kappa shape index (κ1) is 20.0. The monoisotopic (exact) mass is 407 g/mol. The molecule has 1 aliphatic carbocycles. The Morgan fingerprint density at radius 3 is 2.54 bits per heavy atom. The Bertz CT molecular complexity index is 669. The zero-order valence-corrected chi connectivity index (χ0v) is 17.1. The number of likely N-dealkylation sites (tertiary alicyclic amines) is 1. The Hall–Kier alpha value is -1.34. The average Bonchev–Trinajstić information content (AvgIpc) is 2.65. The fourth-order valence-electron chi connectivity index (χ4n) is 4.13. The van der Waals surface area contributed by atoms with Crippen LogP contribution in [0.1, 0.15) is 32.1 Å². The van der Waals surface area contributed by atoms with Crippen molar-refractivity contribution in [2.24, 2.45) is 0 Å². The minimum atomic E-state index is -0.0548. The van der Waals surface area contributed by atoms with Gasteiger partial charge >= 0.3 is 0 Å². The Morgan fingerprint density at radius 1 is 1.14 bits per heavy atom. The topological polar surface area (TPSA) is 54.0 Å². The molecule has 3 fully saturated rings. The van der Waals surface area contributed by atoms with Gasteiger partial charge in [-0.25, -0.2) is 0 Å². The van der Waals surface area contributed by atoms with Gasteiger partial charge in [0.05, 0.1) is 30.5 Å². The van der Waals surface area contributed by atoms with Crippen LogP contribution in [0.15, 0.2) is 18.2 Å². The molecule has 4 rings (SSSR count). The van der Waals surface area contributed by atoms with Crippen molar-refractivity contribution in [3.05, 3.63) is 23.2 Å². The summed E-state index contributed by atoms with van der Waals surface area (Å²) >= 11 is 6.39. The fourth-order valence-corrected chi connectivity index (χ4v) is 4.34. The smallest absolute Gasteiger partial charge is 0.238 e. The number of nitrogens with zero attached hydrogens (tertiary/aromatic N) is 2. The first-order valence-electron chi connectivity index (χ1n) is 10.5. The number of ether oxygens (including phenoxy) is 2. The van der Waals surface area contributed by atoms with Crippen molar-refractivity contribution in [3.8, 4) is 5.75 Å². The van der Waals surface area contributed by atoms with Gasteiger partial charge in [-0.3, -0.25) is 9.69 Å². The van der Waals surface area contributed by atoms with Gasteiger partial charge in [0.25, 0.3) is 0 Å². The number of hydrogen-bond acceptors (Lipinski definition) is 5. The maximum Gasteiger partial charge on any atom is 0.238 e. The lowest BCUT2D eigenvalue weighted by Gasteiger charge is -2.41. The Balaban J connectivity index is 1.25. The molecule has 3 aliphatic rings. The number of halogens is 1. The standard InChI is InChI=1S/C21H30ClN3O3/c22-19-14-18(28-17-6-8-25(9-7-17)16-2-1-3-16)4-5-20(19)23-21(26)15-24-10-12-27-13-11-24/h4-5,14,16-17H,1-3,6-13,15H2,(H,23,26). The van der Waals surface area contributed by atoms with Crippen LogP contribution in [-0.4, -0.2) is 73.8 Å². The van der Waals surface area contributed by atoms with Gasteiger partial charge in [-0.1, -0.05) is 18.0 Å². The van der Waals surface area contributed by atoms with Gasteiger partial charge in [-0.2, -0.15) is 0 Å². The highest BCUT2D eigenvalue weighted by Crippen LogP contribution is 2.31. The largest absolute Gasteiger partial charge is 0.490 e. The van der Waals surface area contributed by atoms with Gasteiger partial charge in [-0.15, -0.1) is 0 Å². The van der Waals surface area contributed by atoms with Crippen molar-refractivity contribution in [3.63, 3.8) is 0 Å². The molecule has 7 heteroatoms. The van der Waals surface area contributed by atoms with E-state index in [9.17, 15) is 4.79 Å². The number of rotatable bonds is 6. The molecule has 0 atom stereocenters. The predicted octanol–water partition coefficient (Wildman–Crippen LogP) is 3.01. The van der Waals surface area contributed by atoms with E-state index in [1.165, 1.54) is 19.3 Å². The van der Waals surface area contributed by atoms with Gasteiger partial charge in [0, 0.05) is 38.3 Å². The van der Waals surface area contributed by atoms with E-state index in [0.29, 0.717) is 30.5 Å². The van der Waals surface area contributed by atoms with E-state index < -0.39 is 0 Å². The van der Waals surface area contributed by atoms with Crippen LogP contribution in [0.2, 0.25) is 5.02 Å². The van der Waals surface area contributed by atoms with Gasteiger partial charge in [-0.05, 0) is 37.8 Å². The average molecular weight is 408 g/mol. The molecule has 1 N–H and O–H groups in total. The number of benzene rings is 1. The lowest BCUT2D eigenvalue weighted by molar-refractivity contribution is -0.118. The van der Waals surface area contributed by atoms with E-state index in [-0.39, 0.29) is 12.0 Å².